The maximum atomic E-state index is 12.1. The number of nitrogens with one attached hydrogen (secondary N) is 1. The highest BCUT2D eigenvalue weighted by Crippen LogP contribution is 2.35. The number of benzene rings is 1. The summed E-state index contributed by atoms with van der Waals surface area (Å²) in [7, 11) is 1.54. The van der Waals surface area contributed by atoms with Crippen LogP contribution in [0.5, 0.6) is 0 Å². The third-order valence-corrected chi connectivity index (χ3v) is 7.47. The Hall–Kier alpha value is -1.60. The maximum Gasteiger partial charge on any atom is 0.242 e. The molecule has 26 heavy (non-hydrogen) atoms. The normalized spacial score (nSPS) is 24.0. The molecule has 1 aliphatic carbocycles. The van der Waals surface area contributed by atoms with Crippen LogP contribution in [0.3, 0.4) is 0 Å². The predicted octanol–water partition coefficient (Wildman–Crippen LogP) is 2.13. The Balaban J connectivity index is 1.59. The van der Waals surface area contributed by atoms with Gasteiger partial charge in [0.05, 0.1) is 4.90 Å². The van der Waals surface area contributed by atoms with Gasteiger partial charge < -0.3 is 10.2 Å². The van der Waals surface area contributed by atoms with E-state index in [-0.39, 0.29) is 0 Å². The lowest BCUT2D eigenvalue weighted by molar-refractivity contribution is 0.299. The van der Waals surface area contributed by atoms with E-state index in [2.05, 4.69) is 15.2 Å². The molecule has 2 aliphatic rings. The number of guanidine groups is 1. The molecule has 144 valence electrons. The Morgan fingerprint density at radius 3 is 2.23 bits per heavy atom. The Labute approximate surface area is 157 Å². The fourth-order valence-corrected chi connectivity index (χ4v) is 4.98. The van der Waals surface area contributed by atoms with Crippen LogP contribution in [0.15, 0.2) is 34.2 Å². The second kappa shape index (κ2) is 7.96. The van der Waals surface area contributed by atoms with Crippen molar-refractivity contribution in [2.45, 2.75) is 37.1 Å². The average Bonchev–Trinajstić information content (AvgIpc) is 3.06. The molecule has 3 rings (SSSR count). The van der Waals surface area contributed by atoms with Crippen LogP contribution in [0.25, 0.3) is 0 Å². The Morgan fingerprint density at radius 1 is 1.15 bits per heavy atom. The molecule has 0 aromatic heterocycles. The van der Waals surface area contributed by atoms with Gasteiger partial charge in [-0.15, -0.1) is 0 Å². The van der Waals surface area contributed by atoms with Gasteiger partial charge in [-0.2, -0.15) is 0 Å². The van der Waals surface area contributed by atoms with Gasteiger partial charge in [0.1, 0.15) is 0 Å². The zero-order chi connectivity index (χ0) is 18.7. The number of hydrogen-bond acceptors (Lipinski definition) is 3. The molecule has 1 heterocycles. The van der Waals surface area contributed by atoms with Crippen molar-refractivity contribution in [2.24, 2.45) is 16.8 Å². The minimum Gasteiger partial charge on any atom is -0.352 e. The first-order valence-electron chi connectivity index (χ1n) is 9.39. The first-order valence-corrected chi connectivity index (χ1v) is 10.8. The highest BCUT2D eigenvalue weighted by Gasteiger charge is 2.35. The summed E-state index contributed by atoms with van der Waals surface area (Å²) < 4.78 is 25.5. The maximum absolute atomic E-state index is 12.1. The monoisotopic (exact) mass is 378 g/mol. The van der Waals surface area contributed by atoms with Gasteiger partial charge in [0.2, 0.25) is 10.0 Å². The quantitative estimate of drug-likeness (QED) is 0.644. The van der Waals surface area contributed by atoms with E-state index in [9.17, 15) is 8.42 Å². The first kappa shape index (κ1) is 19.2. The number of likely N-dealkylation sites (tertiary alicyclic amines) is 1. The zero-order valence-corrected chi connectivity index (χ0v) is 16.8. The van der Waals surface area contributed by atoms with Crippen molar-refractivity contribution < 1.29 is 8.42 Å². The third kappa shape index (κ3) is 4.04. The Bertz CT molecular complexity index is 729. The van der Waals surface area contributed by atoms with E-state index in [1.54, 1.807) is 26.2 Å². The number of aliphatic imine (C=N–C) groups is 1. The van der Waals surface area contributed by atoms with E-state index in [1.807, 2.05) is 19.2 Å². The first-order chi connectivity index (χ1) is 12.4. The van der Waals surface area contributed by atoms with E-state index in [4.69, 9.17) is 0 Å². The van der Waals surface area contributed by atoms with Crippen LogP contribution in [0.1, 0.15) is 31.2 Å². The molecule has 1 aliphatic heterocycles. The summed E-state index contributed by atoms with van der Waals surface area (Å²) in [6, 6.07) is 7.06. The highest BCUT2D eigenvalue weighted by atomic mass is 32.2. The van der Waals surface area contributed by atoms with Crippen molar-refractivity contribution in [3.8, 4) is 0 Å². The van der Waals surface area contributed by atoms with Crippen LogP contribution in [0.4, 0.5) is 0 Å². The minimum atomic E-state index is -3.37. The van der Waals surface area contributed by atoms with Gasteiger partial charge in [-0.05, 0) is 42.4 Å². The summed E-state index contributed by atoms with van der Waals surface area (Å²) in [6.45, 7) is 2.84. The zero-order valence-electron chi connectivity index (χ0n) is 16.0. The van der Waals surface area contributed by atoms with Gasteiger partial charge in [-0.1, -0.05) is 25.0 Å². The van der Waals surface area contributed by atoms with Gasteiger partial charge in [-0.3, -0.25) is 4.99 Å². The summed E-state index contributed by atoms with van der Waals surface area (Å²) in [5.74, 6) is 2.58. The molecule has 1 N–H and O–H groups in total. The molecule has 2 unspecified atom stereocenters. The van der Waals surface area contributed by atoms with Gasteiger partial charge in [0.25, 0.3) is 0 Å². The van der Waals surface area contributed by atoms with Crippen molar-refractivity contribution in [2.75, 3.05) is 34.2 Å². The second-order valence-electron chi connectivity index (χ2n) is 7.54. The number of sulfonamides is 1. The largest absolute Gasteiger partial charge is 0.352 e. The molecular weight excluding hydrogens is 348 g/mol. The second-order valence-corrected chi connectivity index (χ2v) is 9.69. The number of rotatable bonds is 4. The van der Waals surface area contributed by atoms with Gasteiger partial charge in [-0.25, -0.2) is 12.7 Å². The van der Waals surface area contributed by atoms with E-state index in [0.717, 1.165) is 36.4 Å². The van der Waals surface area contributed by atoms with Gasteiger partial charge in [0.15, 0.2) is 5.96 Å². The Morgan fingerprint density at radius 2 is 1.73 bits per heavy atom. The van der Waals surface area contributed by atoms with Gasteiger partial charge >= 0.3 is 0 Å². The summed E-state index contributed by atoms with van der Waals surface area (Å²) in [5.41, 5.74) is 1.04. The van der Waals surface area contributed by atoms with Gasteiger partial charge in [0, 0.05) is 40.8 Å². The number of fused-ring (bicyclic) bond motifs is 1. The standard InChI is InChI=1S/C19H30N4O2S/c1-20-19(23-13-16-6-4-5-7-17(16)14-23)21-12-15-8-10-18(11-9-15)26(24,25)22(2)3/h8-11,16-17H,4-7,12-14H2,1-3H3,(H,20,21). The molecule has 1 aromatic carbocycles. The molecule has 0 amide bonds. The molecule has 0 radical (unpaired) electrons. The lowest BCUT2D eigenvalue weighted by Crippen LogP contribution is -2.39. The molecule has 1 saturated heterocycles. The molecule has 1 saturated carbocycles. The lowest BCUT2D eigenvalue weighted by Gasteiger charge is -2.22. The molecule has 2 fully saturated rings. The molecule has 1 aromatic rings. The minimum absolute atomic E-state index is 0.319. The van der Waals surface area contributed by atoms with Crippen molar-refractivity contribution in [1.29, 1.82) is 0 Å². The lowest BCUT2D eigenvalue weighted by atomic mass is 9.82. The van der Waals surface area contributed by atoms with Crippen molar-refractivity contribution in [3.63, 3.8) is 0 Å². The van der Waals surface area contributed by atoms with Crippen LogP contribution < -0.4 is 5.32 Å². The third-order valence-electron chi connectivity index (χ3n) is 5.64. The van der Waals surface area contributed by atoms with Crippen LogP contribution in [0.2, 0.25) is 0 Å². The molecule has 0 bridgehead atoms. The van der Waals surface area contributed by atoms with Crippen LogP contribution in [-0.4, -0.2) is 57.8 Å². The van der Waals surface area contributed by atoms with Crippen LogP contribution in [-0.2, 0) is 16.6 Å². The molecule has 6 nitrogen and oxygen atoms in total. The highest BCUT2D eigenvalue weighted by molar-refractivity contribution is 7.89. The summed E-state index contributed by atoms with van der Waals surface area (Å²) >= 11 is 0. The van der Waals surface area contributed by atoms with Crippen LogP contribution >= 0.6 is 0 Å². The summed E-state index contributed by atoms with van der Waals surface area (Å²) in [6.07, 6.45) is 5.42. The topological polar surface area (TPSA) is 65.0 Å². The van der Waals surface area contributed by atoms with Crippen molar-refractivity contribution in [1.82, 2.24) is 14.5 Å². The predicted molar refractivity (Wildman–Crippen MR) is 105 cm³/mol. The average molecular weight is 379 g/mol. The van der Waals surface area contributed by atoms with Crippen molar-refractivity contribution in [3.05, 3.63) is 29.8 Å². The SMILES string of the molecule is CN=C(NCc1ccc(S(=O)(=O)N(C)C)cc1)N1CC2CCCCC2C1. The van der Waals surface area contributed by atoms with E-state index < -0.39 is 10.0 Å². The fourth-order valence-electron chi connectivity index (χ4n) is 4.08. The smallest absolute Gasteiger partial charge is 0.242 e. The van der Waals surface area contributed by atoms with E-state index >= 15 is 0 Å². The number of hydrogen-bond donors (Lipinski definition) is 1. The van der Waals surface area contributed by atoms with E-state index in [0.29, 0.717) is 11.4 Å². The number of nitrogens with zero attached hydrogens (tertiary/aromatic N) is 3. The summed E-state index contributed by atoms with van der Waals surface area (Å²) in [5, 5.41) is 3.43. The van der Waals surface area contributed by atoms with Crippen LogP contribution in [0, 0.1) is 11.8 Å². The van der Waals surface area contributed by atoms with Crippen molar-refractivity contribution >= 4 is 16.0 Å². The molecule has 0 spiro atoms. The molecular formula is C19H30N4O2S. The Kier molecular flexibility index (Phi) is 5.87. The fraction of sp³-hybridized carbons (Fsp3) is 0.632. The summed E-state index contributed by atoms with van der Waals surface area (Å²) in [4.78, 5) is 7.15. The molecule has 7 heteroatoms. The van der Waals surface area contributed by atoms with E-state index in [1.165, 1.54) is 30.0 Å². The molecule has 2 atom stereocenters.